The van der Waals surface area contributed by atoms with Crippen molar-refractivity contribution in [3.63, 3.8) is 0 Å². The van der Waals surface area contributed by atoms with Crippen molar-refractivity contribution in [3.8, 4) is 0 Å². The van der Waals surface area contributed by atoms with Crippen molar-refractivity contribution in [3.05, 3.63) is 41.4 Å². The molecular weight excluding hydrogens is 496 g/mol. The maximum atomic E-state index is 13.3. The van der Waals surface area contributed by atoms with Crippen molar-refractivity contribution >= 4 is 27.6 Å². The summed E-state index contributed by atoms with van der Waals surface area (Å²) in [6.07, 6.45) is 0.860. The van der Waals surface area contributed by atoms with Gasteiger partial charge in [0.25, 0.3) is 0 Å². The maximum absolute atomic E-state index is 13.3. The number of hydrogen-bond acceptors (Lipinski definition) is 8. The van der Waals surface area contributed by atoms with E-state index in [1.807, 2.05) is 13.8 Å². The van der Waals surface area contributed by atoms with E-state index in [1.54, 1.807) is 52.8 Å². The van der Waals surface area contributed by atoms with Gasteiger partial charge < -0.3 is 15.8 Å². The van der Waals surface area contributed by atoms with Crippen molar-refractivity contribution in [2.75, 3.05) is 0 Å². The number of rotatable bonds is 12. The topological polar surface area (TPSA) is 157 Å². The van der Waals surface area contributed by atoms with Crippen LogP contribution in [0.5, 0.6) is 0 Å². The highest BCUT2D eigenvalue weighted by Gasteiger charge is 2.30. The van der Waals surface area contributed by atoms with Gasteiger partial charge in [-0.25, -0.2) is 18.6 Å². The zero-order valence-electron chi connectivity index (χ0n) is 23.0. The standard InChI is InChI=1S/C26H42N4O6S/c1-16(2)14-19(15-21(27)37(34,35)20-12-10-9-11-13-20)23(31)18(5)28-24(32)22(17(3)4)29-30-25(33)36-26(6,7)8/h9-13,15-19,22,29H,14,27H2,1-8H3,(H,28,32)(H,30,33)/b21-15+/t18-,19-,22-/m0/s1. The molecule has 1 aromatic carbocycles. The largest absolute Gasteiger partial charge is 0.443 e. The van der Waals surface area contributed by atoms with Gasteiger partial charge in [0.15, 0.2) is 5.78 Å². The molecule has 0 aliphatic carbocycles. The number of benzene rings is 1. The van der Waals surface area contributed by atoms with Gasteiger partial charge in [0.2, 0.25) is 15.7 Å². The number of sulfone groups is 1. The first kappa shape index (κ1) is 32.1. The molecule has 0 unspecified atom stereocenters. The minimum atomic E-state index is -3.97. The predicted octanol–water partition coefficient (Wildman–Crippen LogP) is 3.05. The second-order valence-corrected chi connectivity index (χ2v) is 12.7. The van der Waals surface area contributed by atoms with E-state index in [0.717, 1.165) is 0 Å². The molecule has 0 aromatic heterocycles. The molecule has 0 saturated carbocycles. The highest BCUT2D eigenvalue weighted by Crippen LogP contribution is 2.22. The quantitative estimate of drug-likeness (QED) is 0.296. The first-order valence-corrected chi connectivity index (χ1v) is 13.8. The van der Waals surface area contributed by atoms with Gasteiger partial charge in [-0.15, -0.1) is 0 Å². The summed E-state index contributed by atoms with van der Waals surface area (Å²) in [5, 5.41) is 2.25. The van der Waals surface area contributed by atoms with Crippen LogP contribution in [0.3, 0.4) is 0 Å². The van der Waals surface area contributed by atoms with E-state index in [1.165, 1.54) is 25.1 Å². The number of allylic oxidation sites excluding steroid dienone is 1. The van der Waals surface area contributed by atoms with Crippen LogP contribution in [-0.2, 0) is 24.2 Å². The van der Waals surface area contributed by atoms with E-state index < -0.39 is 50.5 Å². The Morgan fingerprint density at radius 1 is 1.03 bits per heavy atom. The first-order chi connectivity index (χ1) is 17.0. The Balaban J connectivity index is 3.03. The molecule has 37 heavy (non-hydrogen) atoms. The summed E-state index contributed by atoms with van der Waals surface area (Å²) in [5.74, 6) is -1.90. The zero-order valence-corrected chi connectivity index (χ0v) is 23.8. The van der Waals surface area contributed by atoms with Crippen molar-refractivity contribution in [2.24, 2.45) is 23.5 Å². The number of carbonyl (C=O) groups is 3. The van der Waals surface area contributed by atoms with Crippen LogP contribution in [0.2, 0.25) is 0 Å². The lowest BCUT2D eigenvalue weighted by atomic mass is 9.90. The van der Waals surface area contributed by atoms with Crippen molar-refractivity contribution in [1.29, 1.82) is 0 Å². The molecule has 0 radical (unpaired) electrons. The van der Waals surface area contributed by atoms with E-state index in [4.69, 9.17) is 10.5 Å². The number of hydrazine groups is 1. The van der Waals surface area contributed by atoms with Crippen LogP contribution in [0, 0.1) is 17.8 Å². The molecule has 0 heterocycles. The Labute approximate surface area is 220 Å². The van der Waals surface area contributed by atoms with Crippen molar-refractivity contribution in [2.45, 2.75) is 84.4 Å². The van der Waals surface area contributed by atoms with Gasteiger partial charge in [0, 0.05) is 5.92 Å². The third-order valence-electron chi connectivity index (χ3n) is 5.28. The molecule has 208 valence electrons. The number of ketones is 1. The van der Waals surface area contributed by atoms with Crippen LogP contribution >= 0.6 is 0 Å². The van der Waals surface area contributed by atoms with Crippen LogP contribution in [0.15, 0.2) is 46.3 Å². The van der Waals surface area contributed by atoms with Crippen LogP contribution in [0.1, 0.15) is 61.8 Å². The maximum Gasteiger partial charge on any atom is 0.422 e. The number of Topliss-reactive ketones (excluding diaryl/α,β-unsaturated/α-hetero) is 1. The second-order valence-electron chi connectivity index (χ2n) is 10.7. The predicted molar refractivity (Wildman–Crippen MR) is 143 cm³/mol. The summed E-state index contributed by atoms with van der Waals surface area (Å²) in [5.41, 5.74) is 10.3. The van der Waals surface area contributed by atoms with Crippen molar-refractivity contribution in [1.82, 2.24) is 16.2 Å². The molecule has 0 aliphatic rings. The summed E-state index contributed by atoms with van der Waals surface area (Å²) in [4.78, 5) is 38.3. The number of nitrogens with two attached hydrogens (primary N) is 1. The van der Waals surface area contributed by atoms with Gasteiger partial charge in [-0.05, 0) is 64.2 Å². The SMILES string of the molecule is CC(C)C[C@@H](/C=C(\N)S(=O)(=O)c1ccccc1)C(=O)[C@H](C)NC(=O)[C@@H](NNC(=O)OC(C)(C)C)C(C)C. The molecule has 0 spiro atoms. The Morgan fingerprint density at radius 3 is 2.08 bits per heavy atom. The molecule has 1 rings (SSSR count). The first-order valence-electron chi connectivity index (χ1n) is 12.3. The number of carbonyl (C=O) groups excluding carboxylic acids is 3. The third kappa shape index (κ3) is 10.5. The molecule has 11 heteroatoms. The molecule has 0 fully saturated rings. The fourth-order valence-corrected chi connectivity index (χ4v) is 4.60. The summed E-state index contributed by atoms with van der Waals surface area (Å²) >= 11 is 0. The molecule has 3 atom stereocenters. The molecular formula is C26H42N4O6S. The fourth-order valence-electron chi connectivity index (χ4n) is 3.47. The zero-order chi connectivity index (χ0) is 28.6. The Kier molecular flexibility index (Phi) is 11.8. The number of nitrogens with one attached hydrogen (secondary N) is 3. The summed E-state index contributed by atoms with van der Waals surface area (Å²) in [6, 6.07) is 5.94. The van der Waals surface area contributed by atoms with E-state index in [9.17, 15) is 22.8 Å². The number of ether oxygens (including phenoxy) is 1. The molecule has 1 aromatic rings. The monoisotopic (exact) mass is 538 g/mol. The normalized spacial score (nSPS) is 15.1. The lowest BCUT2D eigenvalue weighted by Gasteiger charge is -2.26. The average molecular weight is 539 g/mol. The number of amides is 2. The lowest BCUT2D eigenvalue weighted by molar-refractivity contribution is -0.130. The van der Waals surface area contributed by atoms with Gasteiger partial charge in [-0.2, -0.15) is 0 Å². The molecule has 0 saturated heterocycles. The van der Waals surface area contributed by atoms with E-state index in [-0.39, 0.29) is 22.5 Å². The fraction of sp³-hybridized carbons (Fsp3) is 0.577. The highest BCUT2D eigenvalue weighted by atomic mass is 32.2. The van der Waals surface area contributed by atoms with E-state index in [0.29, 0.717) is 6.42 Å². The molecule has 0 aliphatic heterocycles. The highest BCUT2D eigenvalue weighted by molar-refractivity contribution is 7.95. The Bertz CT molecular complexity index is 1060. The van der Waals surface area contributed by atoms with Crippen LogP contribution in [0.4, 0.5) is 4.79 Å². The molecule has 10 nitrogen and oxygen atoms in total. The van der Waals surface area contributed by atoms with Gasteiger partial charge in [-0.3, -0.25) is 15.0 Å². The summed E-state index contributed by atoms with van der Waals surface area (Å²) in [7, 11) is -3.97. The molecule has 5 N–H and O–H groups in total. The van der Waals surface area contributed by atoms with Gasteiger partial charge in [0.05, 0.1) is 10.9 Å². The van der Waals surface area contributed by atoms with E-state index in [2.05, 4.69) is 16.2 Å². The van der Waals surface area contributed by atoms with Crippen LogP contribution in [0.25, 0.3) is 0 Å². The minimum Gasteiger partial charge on any atom is -0.443 e. The van der Waals surface area contributed by atoms with Crippen LogP contribution in [-0.4, -0.2) is 43.9 Å². The lowest BCUT2D eigenvalue weighted by Crippen LogP contribution is -2.57. The molecule has 2 amide bonds. The Morgan fingerprint density at radius 2 is 1.59 bits per heavy atom. The van der Waals surface area contributed by atoms with Crippen molar-refractivity contribution < 1.29 is 27.5 Å². The van der Waals surface area contributed by atoms with Gasteiger partial charge in [-0.1, -0.05) is 45.9 Å². The minimum absolute atomic E-state index is 0.0317. The van der Waals surface area contributed by atoms with Crippen LogP contribution < -0.4 is 21.9 Å². The number of hydrogen-bond donors (Lipinski definition) is 4. The smallest absolute Gasteiger partial charge is 0.422 e. The third-order valence-corrected chi connectivity index (χ3v) is 6.93. The summed E-state index contributed by atoms with van der Waals surface area (Å²) < 4.78 is 30.9. The van der Waals surface area contributed by atoms with Gasteiger partial charge >= 0.3 is 6.09 Å². The average Bonchev–Trinajstić information content (AvgIpc) is 2.76. The molecule has 0 bridgehead atoms. The Hall–Kier alpha value is -2.92. The second kappa shape index (κ2) is 13.6. The van der Waals surface area contributed by atoms with Gasteiger partial charge in [0.1, 0.15) is 16.7 Å². The van der Waals surface area contributed by atoms with E-state index >= 15 is 0 Å². The summed E-state index contributed by atoms with van der Waals surface area (Å²) in [6.45, 7) is 14.0.